The van der Waals surface area contributed by atoms with Crippen LogP contribution in [-0.2, 0) is 6.42 Å². The van der Waals surface area contributed by atoms with Crippen molar-refractivity contribution in [3.05, 3.63) is 17.7 Å². The first kappa shape index (κ1) is 8.28. The summed E-state index contributed by atoms with van der Waals surface area (Å²) in [5.74, 6) is 1.09. The average molecular weight is 164 g/mol. The van der Waals surface area contributed by atoms with Crippen LogP contribution in [-0.4, -0.2) is 15.3 Å². The van der Waals surface area contributed by atoms with Crippen molar-refractivity contribution < 1.29 is 15.3 Å². The van der Waals surface area contributed by atoms with E-state index in [1.54, 1.807) is 0 Å². The maximum Gasteiger partial charge on any atom is 0.200 e. The summed E-state index contributed by atoms with van der Waals surface area (Å²) < 4.78 is 0. The molecule has 0 atom stereocenters. The molecule has 1 aromatic rings. The number of aromatic hydroxyl groups is 3. The van der Waals surface area contributed by atoms with Crippen LogP contribution in [0.5, 0.6) is 17.2 Å². The van der Waals surface area contributed by atoms with Crippen LogP contribution < -0.4 is 0 Å². The molecule has 0 aliphatic rings. The molecular weight excluding hydrogens is 156 g/mol. The minimum Gasteiger partial charge on any atom is -0.504 e. The predicted molar refractivity (Wildman–Crippen MR) is 44.0 cm³/mol. The molecule has 0 aliphatic heterocycles. The third kappa shape index (κ3) is 1.28. The van der Waals surface area contributed by atoms with Crippen molar-refractivity contribution in [2.45, 2.75) is 6.42 Å². The van der Waals surface area contributed by atoms with E-state index in [2.05, 4.69) is 5.92 Å². The Morgan fingerprint density at radius 1 is 1.17 bits per heavy atom. The molecule has 3 heteroatoms. The molecule has 0 spiro atoms. The van der Waals surface area contributed by atoms with Crippen LogP contribution in [0.3, 0.4) is 0 Å². The van der Waals surface area contributed by atoms with E-state index < -0.39 is 5.75 Å². The summed E-state index contributed by atoms with van der Waals surface area (Å²) in [6.45, 7) is 0. The Balaban J connectivity index is 3.19. The standard InChI is InChI=1S/C9H8O3/c1-2-3-6-4-5-7(10)9(12)8(6)11/h1,4-5,10-12H,3H2. The fourth-order valence-electron chi connectivity index (χ4n) is 0.863. The van der Waals surface area contributed by atoms with Crippen molar-refractivity contribution in [3.8, 4) is 29.6 Å². The zero-order valence-electron chi connectivity index (χ0n) is 6.28. The van der Waals surface area contributed by atoms with Crippen LogP contribution in [0.25, 0.3) is 0 Å². The number of hydrogen-bond acceptors (Lipinski definition) is 3. The van der Waals surface area contributed by atoms with Gasteiger partial charge in [-0.2, -0.15) is 0 Å². The molecular formula is C9H8O3. The average Bonchev–Trinajstić information content (AvgIpc) is 2.07. The maximum atomic E-state index is 9.20. The maximum absolute atomic E-state index is 9.20. The lowest BCUT2D eigenvalue weighted by Gasteiger charge is -2.03. The minimum atomic E-state index is -0.525. The Hall–Kier alpha value is -1.82. The Kier molecular flexibility index (Phi) is 2.11. The second kappa shape index (κ2) is 3.05. The summed E-state index contributed by atoms with van der Waals surface area (Å²) in [5.41, 5.74) is 0.424. The van der Waals surface area contributed by atoms with Gasteiger partial charge in [-0.15, -0.1) is 12.3 Å². The van der Waals surface area contributed by atoms with Crippen molar-refractivity contribution in [2.75, 3.05) is 0 Å². The molecule has 0 saturated heterocycles. The van der Waals surface area contributed by atoms with Gasteiger partial charge < -0.3 is 15.3 Å². The van der Waals surface area contributed by atoms with Crippen LogP contribution >= 0.6 is 0 Å². The van der Waals surface area contributed by atoms with Gasteiger partial charge in [0.25, 0.3) is 0 Å². The third-order valence-electron chi connectivity index (χ3n) is 1.51. The summed E-state index contributed by atoms with van der Waals surface area (Å²) in [5, 5.41) is 27.2. The van der Waals surface area contributed by atoms with Gasteiger partial charge in [-0.05, 0) is 6.07 Å². The second-order valence-electron chi connectivity index (χ2n) is 2.32. The molecule has 0 amide bonds. The molecule has 0 radical (unpaired) electrons. The Morgan fingerprint density at radius 2 is 1.83 bits per heavy atom. The Labute approximate surface area is 69.9 Å². The van der Waals surface area contributed by atoms with E-state index in [-0.39, 0.29) is 17.9 Å². The molecule has 0 saturated carbocycles. The summed E-state index contributed by atoms with van der Waals surface area (Å²) in [4.78, 5) is 0. The highest BCUT2D eigenvalue weighted by Gasteiger charge is 2.09. The molecule has 0 fully saturated rings. The van der Waals surface area contributed by atoms with Gasteiger partial charge >= 0.3 is 0 Å². The SMILES string of the molecule is C#CCc1ccc(O)c(O)c1O. The van der Waals surface area contributed by atoms with E-state index in [1.807, 2.05) is 0 Å². The molecule has 0 heterocycles. The van der Waals surface area contributed by atoms with Crippen LogP contribution in [0.2, 0.25) is 0 Å². The zero-order valence-corrected chi connectivity index (χ0v) is 6.28. The first-order chi connectivity index (χ1) is 5.66. The van der Waals surface area contributed by atoms with Gasteiger partial charge in [-0.1, -0.05) is 6.07 Å². The van der Waals surface area contributed by atoms with Gasteiger partial charge in [-0.25, -0.2) is 0 Å². The van der Waals surface area contributed by atoms with Crippen molar-refractivity contribution in [3.63, 3.8) is 0 Å². The highest BCUT2D eigenvalue weighted by molar-refractivity contribution is 5.53. The quantitative estimate of drug-likeness (QED) is 0.428. The van der Waals surface area contributed by atoms with Gasteiger partial charge in [-0.3, -0.25) is 0 Å². The van der Waals surface area contributed by atoms with E-state index in [0.717, 1.165) is 0 Å². The van der Waals surface area contributed by atoms with Crippen molar-refractivity contribution in [2.24, 2.45) is 0 Å². The van der Waals surface area contributed by atoms with Crippen LogP contribution in [0, 0.1) is 12.3 Å². The summed E-state index contributed by atoms with van der Waals surface area (Å²) in [6.07, 6.45) is 5.23. The lowest BCUT2D eigenvalue weighted by molar-refractivity contribution is 0.365. The summed E-state index contributed by atoms with van der Waals surface area (Å²) in [7, 11) is 0. The number of rotatable bonds is 1. The molecule has 3 N–H and O–H groups in total. The lowest BCUT2D eigenvalue weighted by atomic mass is 10.1. The monoisotopic (exact) mass is 164 g/mol. The second-order valence-corrected chi connectivity index (χ2v) is 2.32. The van der Waals surface area contributed by atoms with Crippen LogP contribution in [0.1, 0.15) is 5.56 Å². The molecule has 1 rings (SSSR count). The molecule has 0 unspecified atom stereocenters. The fraction of sp³-hybridized carbons (Fsp3) is 0.111. The molecule has 12 heavy (non-hydrogen) atoms. The first-order valence-corrected chi connectivity index (χ1v) is 3.33. The molecule has 62 valence electrons. The van der Waals surface area contributed by atoms with E-state index in [9.17, 15) is 5.11 Å². The number of benzene rings is 1. The number of hydrogen-bond donors (Lipinski definition) is 3. The lowest BCUT2D eigenvalue weighted by Crippen LogP contribution is -1.83. The highest BCUT2D eigenvalue weighted by atomic mass is 16.3. The van der Waals surface area contributed by atoms with Gasteiger partial charge in [0.2, 0.25) is 5.75 Å². The highest BCUT2D eigenvalue weighted by Crippen LogP contribution is 2.36. The molecule has 1 aromatic carbocycles. The Bertz CT molecular complexity index is 336. The molecule has 0 aromatic heterocycles. The van der Waals surface area contributed by atoms with Crippen LogP contribution in [0.4, 0.5) is 0 Å². The smallest absolute Gasteiger partial charge is 0.200 e. The minimum absolute atomic E-state index is 0.222. The van der Waals surface area contributed by atoms with Crippen LogP contribution in [0.15, 0.2) is 12.1 Å². The first-order valence-electron chi connectivity index (χ1n) is 3.33. The number of phenols is 3. The van der Waals surface area contributed by atoms with E-state index in [4.69, 9.17) is 16.6 Å². The largest absolute Gasteiger partial charge is 0.504 e. The summed E-state index contributed by atoms with van der Waals surface area (Å²) >= 11 is 0. The molecule has 3 nitrogen and oxygen atoms in total. The van der Waals surface area contributed by atoms with Crippen molar-refractivity contribution in [1.29, 1.82) is 0 Å². The Morgan fingerprint density at radius 3 is 2.42 bits per heavy atom. The van der Waals surface area contributed by atoms with Gasteiger partial charge in [0.05, 0.1) is 0 Å². The van der Waals surface area contributed by atoms with Crippen molar-refractivity contribution >= 4 is 0 Å². The van der Waals surface area contributed by atoms with Gasteiger partial charge in [0, 0.05) is 12.0 Å². The third-order valence-corrected chi connectivity index (χ3v) is 1.51. The van der Waals surface area contributed by atoms with E-state index >= 15 is 0 Å². The van der Waals surface area contributed by atoms with Crippen molar-refractivity contribution in [1.82, 2.24) is 0 Å². The fourth-order valence-corrected chi connectivity index (χ4v) is 0.863. The summed E-state index contributed by atoms with van der Waals surface area (Å²) in [6, 6.07) is 2.74. The van der Waals surface area contributed by atoms with E-state index in [1.165, 1.54) is 12.1 Å². The molecule has 0 aliphatic carbocycles. The number of terminal acetylenes is 1. The topological polar surface area (TPSA) is 60.7 Å². The predicted octanol–water partition coefficient (Wildman–Crippen LogP) is 0.979. The van der Waals surface area contributed by atoms with Gasteiger partial charge in [0.15, 0.2) is 11.5 Å². The normalized spacial score (nSPS) is 9.25. The van der Waals surface area contributed by atoms with E-state index in [0.29, 0.717) is 5.56 Å². The van der Waals surface area contributed by atoms with Gasteiger partial charge in [0.1, 0.15) is 0 Å². The number of phenolic OH excluding ortho intramolecular Hbond substituents is 3. The zero-order chi connectivity index (χ0) is 9.14. The molecule has 0 bridgehead atoms.